The smallest absolute Gasteiger partial charge is 0.367 e. The predicted molar refractivity (Wildman–Crippen MR) is 111 cm³/mol. The van der Waals surface area contributed by atoms with E-state index in [4.69, 9.17) is 5.73 Å². The van der Waals surface area contributed by atoms with Crippen LogP contribution >= 0.6 is 0 Å². The summed E-state index contributed by atoms with van der Waals surface area (Å²) < 4.78 is 40.9. The lowest BCUT2D eigenvalue weighted by atomic mass is 9.97. The van der Waals surface area contributed by atoms with Crippen LogP contribution in [-0.4, -0.2) is 29.4 Å². The van der Waals surface area contributed by atoms with E-state index in [1.807, 2.05) is 0 Å². The summed E-state index contributed by atoms with van der Waals surface area (Å²) in [6.45, 7) is 3.00. The fraction of sp³-hybridized carbons (Fsp3) is 0.250. The fourth-order valence-electron chi connectivity index (χ4n) is 3.06. The topological polar surface area (TPSA) is 134 Å². The van der Waals surface area contributed by atoms with Crippen molar-refractivity contribution in [3.05, 3.63) is 59.0 Å². The van der Waals surface area contributed by atoms with Crippen molar-refractivity contribution >= 4 is 29.0 Å². The van der Waals surface area contributed by atoms with Crippen LogP contribution in [-0.2, 0) is 11.0 Å². The summed E-state index contributed by atoms with van der Waals surface area (Å²) in [4.78, 5) is 27.8. The number of azo groups is 1. The third-order valence-electron chi connectivity index (χ3n) is 4.86. The molecule has 1 aliphatic rings. The molecule has 0 saturated heterocycles. The van der Waals surface area contributed by atoms with Crippen LogP contribution in [0.15, 0.2) is 58.2 Å². The molecule has 5 N–H and O–H groups in total. The number of halogens is 3. The Labute approximate surface area is 181 Å². The van der Waals surface area contributed by atoms with Crippen LogP contribution < -0.4 is 21.7 Å². The highest BCUT2D eigenvalue weighted by molar-refractivity contribution is 6.00. The number of allylic oxidation sites excluding steroid dienone is 1. The van der Waals surface area contributed by atoms with Crippen LogP contribution in [0.4, 0.5) is 30.4 Å². The zero-order chi connectivity index (χ0) is 23.7. The Balaban J connectivity index is 2.04. The summed E-state index contributed by atoms with van der Waals surface area (Å²) in [5.41, 5.74) is 3.39. The van der Waals surface area contributed by atoms with Gasteiger partial charge in [0.15, 0.2) is 5.54 Å². The second-order valence-electron chi connectivity index (χ2n) is 7.08. The van der Waals surface area contributed by atoms with Gasteiger partial charge in [0.05, 0.1) is 33.9 Å². The van der Waals surface area contributed by atoms with E-state index in [0.717, 1.165) is 6.07 Å². The molecule has 168 valence electrons. The van der Waals surface area contributed by atoms with Crippen LogP contribution in [0.3, 0.4) is 0 Å². The van der Waals surface area contributed by atoms with E-state index in [1.165, 1.54) is 26.1 Å². The molecule has 2 heterocycles. The quantitative estimate of drug-likeness (QED) is 0.537. The second kappa shape index (κ2) is 8.29. The Morgan fingerprint density at radius 2 is 1.81 bits per heavy atom. The first-order valence-corrected chi connectivity index (χ1v) is 9.34. The number of anilines is 3. The van der Waals surface area contributed by atoms with Crippen molar-refractivity contribution in [2.45, 2.75) is 25.6 Å². The molecule has 0 saturated carbocycles. The third-order valence-corrected chi connectivity index (χ3v) is 4.86. The van der Waals surface area contributed by atoms with E-state index in [2.05, 4.69) is 31.2 Å². The highest BCUT2D eigenvalue weighted by Gasteiger charge is 2.41. The number of pyridine rings is 1. The number of para-hydroxylation sites is 1. The highest BCUT2D eigenvalue weighted by atomic mass is 19.4. The highest BCUT2D eigenvalue weighted by Crippen LogP contribution is 2.38. The lowest BCUT2D eigenvalue weighted by molar-refractivity contribution is -0.137. The van der Waals surface area contributed by atoms with E-state index >= 15 is 0 Å². The molecule has 0 bridgehead atoms. The number of rotatable bonds is 6. The van der Waals surface area contributed by atoms with Crippen molar-refractivity contribution in [3.8, 4) is 0 Å². The fourth-order valence-corrected chi connectivity index (χ4v) is 3.06. The number of nitrogens with one attached hydrogen (secondary N) is 3. The van der Waals surface area contributed by atoms with E-state index in [1.54, 1.807) is 19.1 Å². The summed E-state index contributed by atoms with van der Waals surface area (Å²) in [7, 11) is 1.41. The Bertz CT molecular complexity index is 1140. The van der Waals surface area contributed by atoms with Gasteiger partial charge in [0.25, 0.3) is 11.8 Å². The van der Waals surface area contributed by atoms with Gasteiger partial charge in [-0.1, -0.05) is 12.1 Å². The Morgan fingerprint density at radius 1 is 1.12 bits per heavy atom. The molecule has 0 fully saturated rings. The van der Waals surface area contributed by atoms with Crippen LogP contribution in [0, 0.1) is 0 Å². The van der Waals surface area contributed by atoms with Gasteiger partial charge in [0.2, 0.25) is 0 Å². The molecule has 1 unspecified atom stereocenters. The van der Waals surface area contributed by atoms with Crippen molar-refractivity contribution < 1.29 is 22.8 Å². The maximum absolute atomic E-state index is 13.6. The zero-order valence-electron chi connectivity index (χ0n) is 17.3. The number of carbonyl (C=O) groups is 2. The Kier molecular flexibility index (Phi) is 5.88. The summed E-state index contributed by atoms with van der Waals surface area (Å²) in [6.07, 6.45) is -4.07. The van der Waals surface area contributed by atoms with E-state index in [-0.39, 0.29) is 28.5 Å². The van der Waals surface area contributed by atoms with Crippen molar-refractivity contribution in [3.63, 3.8) is 0 Å². The van der Waals surface area contributed by atoms with Gasteiger partial charge < -0.3 is 21.7 Å². The van der Waals surface area contributed by atoms with Gasteiger partial charge in [-0.3, -0.25) is 9.59 Å². The van der Waals surface area contributed by atoms with E-state index < -0.39 is 29.1 Å². The standard InChI is InChI=1S/C20H20F3N7O2/c1-10-16(19(2,18(24)32)30-29-10)28-15-8-14(12(9-26-15)20(21,22)23)27-13-7-5-4-6-11(13)17(31)25-3/h4-9H,1-3H3,(H2,24,32)(H,25,31)(H2,26,27,28). The molecule has 1 aliphatic heterocycles. The van der Waals surface area contributed by atoms with Crippen LogP contribution in [0.5, 0.6) is 0 Å². The number of carbonyl (C=O) groups excluding carboxylic acids is 2. The second-order valence-corrected chi connectivity index (χ2v) is 7.08. The van der Waals surface area contributed by atoms with Gasteiger partial charge in [-0.15, -0.1) is 0 Å². The van der Waals surface area contributed by atoms with Gasteiger partial charge in [-0.25, -0.2) is 4.98 Å². The van der Waals surface area contributed by atoms with E-state index in [0.29, 0.717) is 11.9 Å². The zero-order valence-corrected chi connectivity index (χ0v) is 17.3. The van der Waals surface area contributed by atoms with Crippen LogP contribution in [0.2, 0.25) is 0 Å². The molecular weight excluding hydrogens is 427 g/mol. The first kappa shape index (κ1) is 22.7. The molecule has 0 radical (unpaired) electrons. The first-order chi connectivity index (χ1) is 15.0. The average molecular weight is 447 g/mol. The number of amides is 2. The molecular formula is C20H20F3N7O2. The minimum Gasteiger partial charge on any atom is -0.367 e. The number of aromatic nitrogens is 1. The number of primary amides is 1. The molecule has 0 aliphatic carbocycles. The lowest BCUT2D eigenvalue weighted by Gasteiger charge is -2.22. The lowest BCUT2D eigenvalue weighted by Crippen LogP contribution is -2.42. The van der Waals surface area contributed by atoms with Crippen molar-refractivity contribution in [1.82, 2.24) is 10.3 Å². The number of hydrogen-bond donors (Lipinski definition) is 4. The largest absolute Gasteiger partial charge is 0.419 e. The Morgan fingerprint density at radius 3 is 2.44 bits per heavy atom. The third kappa shape index (κ3) is 4.24. The number of nitrogens with zero attached hydrogens (tertiary/aromatic N) is 3. The average Bonchev–Trinajstić information content (AvgIpc) is 3.03. The molecule has 0 spiro atoms. The van der Waals surface area contributed by atoms with Gasteiger partial charge in [-0.05, 0) is 26.0 Å². The van der Waals surface area contributed by atoms with Crippen LogP contribution in [0.1, 0.15) is 29.8 Å². The molecule has 12 heteroatoms. The van der Waals surface area contributed by atoms with Crippen LogP contribution in [0.25, 0.3) is 0 Å². The van der Waals surface area contributed by atoms with Crippen molar-refractivity contribution in [1.29, 1.82) is 0 Å². The molecule has 9 nitrogen and oxygen atoms in total. The maximum Gasteiger partial charge on any atom is 0.419 e. The number of nitrogens with two attached hydrogens (primary N) is 1. The molecule has 1 aromatic carbocycles. The van der Waals surface area contributed by atoms with Gasteiger partial charge in [-0.2, -0.15) is 23.4 Å². The molecule has 1 atom stereocenters. The van der Waals surface area contributed by atoms with Crippen molar-refractivity contribution in [2.75, 3.05) is 17.7 Å². The van der Waals surface area contributed by atoms with Gasteiger partial charge in [0, 0.05) is 19.3 Å². The summed E-state index contributed by atoms with van der Waals surface area (Å²) in [5.74, 6) is -1.27. The minimum absolute atomic E-state index is 0.00736. The molecule has 1 aromatic heterocycles. The summed E-state index contributed by atoms with van der Waals surface area (Å²) in [5, 5.41) is 15.6. The maximum atomic E-state index is 13.6. The summed E-state index contributed by atoms with van der Waals surface area (Å²) in [6, 6.07) is 7.24. The molecule has 32 heavy (non-hydrogen) atoms. The van der Waals surface area contributed by atoms with Gasteiger partial charge >= 0.3 is 6.18 Å². The predicted octanol–water partition coefficient (Wildman–Crippen LogP) is 3.56. The summed E-state index contributed by atoms with van der Waals surface area (Å²) >= 11 is 0. The SMILES string of the molecule is CNC(=O)c1ccccc1Nc1cc(NC2=C(C)N=NC2(C)C(N)=O)ncc1C(F)(F)F. The number of alkyl halides is 3. The number of hydrogen-bond acceptors (Lipinski definition) is 7. The molecule has 2 aromatic rings. The number of benzene rings is 1. The molecule has 2 amide bonds. The molecule has 3 rings (SSSR count). The Hall–Kier alpha value is -3.96. The monoisotopic (exact) mass is 447 g/mol. The minimum atomic E-state index is -4.72. The van der Waals surface area contributed by atoms with Gasteiger partial charge in [0.1, 0.15) is 5.82 Å². The first-order valence-electron chi connectivity index (χ1n) is 9.34. The normalized spacial score (nSPS) is 17.9. The van der Waals surface area contributed by atoms with E-state index in [9.17, 15) is 22.8 Å². The van der Waals surface area contributed by atoms with Crippen molar-refractivity contribution in [2.24, 2.45) is 16.0 Å².